The second-order valence-corrected chi connectivity index (χ2v) is 9.25. The number of nitrogens with one attached hydrogen (secondary N) is 1. The molecule has 0 saturated carbocycles. The van der Waals surface area contributed by atoms with Gasteiger partial charge in [-0.1, -0.05) is 6.92 Å². The maximum Gasteiger partial charge on any atom is 0.260 e. The van der Waals surface area contributed by atoms with Crippen molar-refractivity contribution in [3.8, 4) is 5.75 Å². The number of benzene rings is 2. The third kappa shape index (κ3) is 6.18. The monoisotopic (exact) mass is 449 g/mol. The van der Waals surface area contributed by atoms with Gasteiger partial charge in [0, 0.05) is 37.9 Å². The van der Waals surface area contributed by atoms with Crippen LogP contribution in [0.1, 0.15) is 20.3 Å². The topological polar surface area (TPSA) is 78.9 Å². The predicted octanol–water partition coefficient (Wildman–Crippen LogP) is 2.63. The Labute approximate surface area is 182 Å². The van der Waals surface area contributed by atoms with Crippen molar-refractivity contribution >= 4 is 21.6 Å². The molecule has 1 atom stereocenters. The smallest absolute Gasteiger partial charge is 0.260 e. The van der Waals surface area contributed by atoms with Gasteiger partial charge in [0.15, 0.2) is 6.61 Å². The van der Waals surface area contributed by atoms with E-state index in [0.29, 0.717) is 38.3 Å². The minimum Gasteiger partial charge on any atom is -0.484 e. The van der Waals surface area contributed by atoms with E-state index in [1.807, 2.05) is 6.92 Å². The molecule has 2 aromatic carbocycles. The number of anilines is 1. The third-order valence-corrected chi connectivity index (χ3v) is 6.89. The van der Waals surface area contributed by atoms with E-state index in [-0.39, 0.29) is 29.3 Å². The predicted molar refractivity (Wildman–Crippen MR) is 117 cm³/mol. The molecule has 0 spiro atoms. The second kappa shape index (κ2) is 10.1. The molecule has 0 bridgehead atoms. The van der Waals surface area contributed by atoms with Gasteiger partial charge in [0.1, 0.15) is 11.6 Å². The molecule has 2 aromatic rings. The fraction of sp³-hybridized carbons (Fsp3) is 0.409. The highest BCUT2D eigenvalue weighted by atomic mass is 32.2. The standard InChI is InChI=1S/C22H28FN3O4S/c1-3-17(2)24-31(28,29)21-10-8-20(9-11-21)30-16-22(27)26-14-12-25(13-15-26)19-6-4-18(23)5-7-19/h4-11,17,24H,3,12-16H2,1-2H3/t17-/m1/s1. The maximum atomic E-state index is 13.1. The van der Waals surface area contributed by atoms with Crippen LogP contribution in [0.3, 0.4) is 0 Å². The molecule has 31 heavy (non-hydrogen) atoms. The first-order chi connectivity index (χ1) is 14.8. The van der Waals surface area contributed by atoms with E-state index in [9.17, 15) is 17.6 Å². The summed E-state index contributed by atoms with van der Waals surface area (Å²) in [5.74, 6) is 0.0294. The van der Waals surface area contributed by atoms with Gasteiger partial charge in [-0.15, -0.1) is 0 Å². The Balaban J connectivity index is 1.48. The number of sulfonamides is 1. The molecule has 1 aliphatic heterocycles. The van der Waals surface area contributed by atoms with Gasteiger partial charge < -0.3 is 14.5 Å². The van der Waals surface area contributed by atoms with Crippen molar-refractivity contribution in [3.05, 3.63) is 54.3 Å². The fourth-order valence-corrected chi connectivity index (χ4v) is 4.56. The number of hydrogen-bond acceptors (Lipinski definition) is 5. The largest absolute Gasteiger partial charge is 0.484 e. The van der Waals surface area contributed by atoms with Gasteiger partial charge in [-0.25, -0.2) is 17.5 Å². The van der Waals surface area contributed by atoms with Crippen LogP contribution < -0.4 is 14.4 Å². The summed E-state index contributed by atoms with van der Waals surface area (Å²) >= 11 is 0. The third-order valence-electron chi connectivity index (χ3n) is 5.29. The van der Waals surface area contributed by atoms with Crippen molar-refractivity contribution < 1.29 is 22.3 Å². The summed E-state index contributed by atoms with van der Waals surface area (Å²) in [6, 6.07) is 12.2. The zero-order valence-electron chi connectivity index (χ0n) is 17.8. The van der Waals surface area contributed by atoms with Gasteiger partial charge in [-0.2, -0.15) is 0 Å². The SMILES string of the molecule is CC[C@@H](C)NS(=O)(=O)c1ccc(OCC(=O)N2CCN(c3ccc(F)cc3)CC2)cc1. The maximum absolute atomic E-state index is 13.1. The zero-order chi connectivity index (χ0) is 22.4. The molecule has 168 valence electrons. The molecule has 1 aliphatic rings. The van der Waals surface area contributed by atoms with E-state index < -0.39 is 10.0 Å². The summed E-state index contributed by atoms with van der Waals surface area (Å²) in [5, 5.41) is 0. The number of hydrogen-bond donors (Lipinski definition) is 1. The molecule has 0 unspecified atom stereocenters. The summed E-state index contributed by atoms with van der Waals surface area (Å²) in [7, 11) is -3.57. The summed E-state index contributed by atoms with van der Waals surface area (Å²) in [5.41, 5.74) is 0.933. The summed E-state index contributed by atoms with van der Waals surface area (Å²) < 4.78 is 45.8. The van der Waals surface area contributed by atoms with Crippen LogP contribution in [0.25, 0.3) is 0 Å². The lowest BCUT2D eigenvalue weighted by Gasteiger charge is -2.36. The number of carbonyl (C=O) groups is 1. The lowest BCUT2D eigenvalue weighted by molar-refractivity contribution is -0.133. The van der Waals surface area contributed by atoms with E-state index in [2.05, 4.69) is 9.62 Å². The van der Waals surface area contributed by atoms with Crippen LogP contribution in [0.4, 0.5) is 10.1 Å². The normalized spacial score (nSPS) is 15.6. The summed E-state index contributed by atoms with van der Waals surface area (Å²) in [4.78, 5) is 16.5. The summed E-state index contributed by atoms with van der Waals surface area (Å²) in [6.07, 6.45) is 0.695. The number of ether oxygens (including phenoxy) is 1. The lowest BCUT2D eigenvalue weighted by Crippen LogP contribution is -2.50. The van der Waals surface area contributed by atoms with Crippen LogP contribution in [-0.2, 0) is 14.8 Å². The number of amides is 1. The number of piperazine rings is 1. The van der Waals surface area contributed by atoms with Crippen molar-refractivity contribution in [3.63, 3.8) is 0 Å². The molecule has 1 saturated heterocycles. The Morgan fingerprint density at radius 2 is 1.68 bits per heavy atom. The second-order valence-electron chi connectivity index (χ2n) is 7.53. The van der Waals surface area contributed by atoms with Gasteiger partial charge in [0.25, 0.3) is 5.91 Å². The minimum absolute atomic E-state index is 0.117. The molecule has 3 rings (SSSR count). The van der Waals surface area contributed by atoms with Gasteiger partial charge in [0.05, 0.1) is 4.90 Å². The Kier molecular flexibility index (Phi) is 7.50. The molecule has 1 heterocycles. The number of nitrogens with zero attached hydrogens (tertiary/aromatic N) is 2. The Hall–Kier alpha value is -2.65. The van der Waals surface area contributed by atoms with Gasteiger partial charge in [-0.05, 0) is 61.9 Å². The van der Waals surface area contributed by atoms with Crippen LogP contribution in [0.15, 0.2) is 53.4 Å². The van der Waals surface area contributed by atoms with Crippen LogP contribution >= 0.6 is 0 Å². The van der Waals surface area contributed by atoms with E-state index in [0.717, 1.165) is 5.69 Å². The molecular formula is C22H28FN3O4S. The first kappa shape index (κ1) is 23.0. The molecular weight excluding hydrogens is 421 g/mol. The number of halogens is 1. The molecule has 9 heteroatoms. The molecule has 7 nitrogen and oxygen atoms in total. The number of rotatable bonds is 8. The molecule has 1 amide bonds. The van der Waals surface area contributed by atoms with Crippen LogP contribution in [-0.4, -0.2) is 58.1 Å². The number of carbonyl (C=O) groups excluding carboxylic acids is 1. The first-order valence-electron chi connectivity index (χ1n) is 10.3. The molecule has 0 aromatic heterocycles. The Morgan fingerprint density at radius 3 is 2.26 bits per heavy atom. The van der Waals surface area contributed by atoms with Gasteiger partial charge >= 0.3 is 0 Å². The average Bonchev–Trinajstić information content (AvgIpc) is 2.78. The molecule has 0 aliphatic carbocycles. The van der Waals surface area contributed by atoms with Crippen molar-refractivity contribution in [1.29, 1.82) is 0 Å². The highest BCUT2D eigenvalue weighted by Crippen LogP contribution is 2.18. The van der Waals surface area contributed by atoms with E-state index in [1.165, 1.54) is 24.3 Å². The average molecular weight is 450 g/mol. The molecule has 0 radical (unpaired) electrons. The molecule has 1 N–H and O–H groups in total. The van der Waals surface area contributed by atoms with Gasteiger partial charge in [0.2, 0.25) is 10.0 Å². The summed E-state index contributed by atoms with van der Waals surface area (Å²) in [6.45, 7) is 6.02. The van der Waals surface area contributed by atoms with Crippen LogP contribution in [0.5, 0.6) is 5.75 Å². The van der Waals surface area contributed by atoms with Crippen LogP contribution in [0.2, 0.25) is 0 Å². The molecule has 1 fully saturated rings. The lowest BCUT2D eigenvalue weighted by atomic mass is 10.2. The fourth-order valence-electron chi connectivity index (χ4n) is 3.23. The van der Waals surface area contributed by atoms with Gasteiger partial charge in [-0.3, -0.25) is 4.79 Å². The first-order valence-corrected chi connectivity index (χ1v) is 11.8. The highest BCUT2D eigenvalue weighted by molar-refractivity contribution is 7.89. The van der Waals surface area contributed by atoms with Crippen molar-refractivity contribution in [1.82, 2.24) is 9.62 Å². The minimum atomic E-state index is -3.57. The van der Waals surface area contributed by atoms with E-state index in [1.54, 1.807) is 36.1 Å². The zero-order valence-corrected chi connectivity index (χ0v) is 18.6. The Morgan fingerprint density at radius 1 is 1.06 bits per heavy atom. The van der Waals surface area contributed by atoms with E-state index in [4.69, 9.17) is 4.74 Å². The van der Waals surface area contributed by atoms with Crippen molar-refractivity contribution in [2.75, 3.05) is 37.7 Å². The Bertz CT molecular complexity index is 973. The van der Waals surface area contributed by atoms with E-state index >= 15 is 0 Å². The van der Waals surface area contributed by atoms with Crippen LogP contribution in [0, 0.1) is 5.82 Å². The van der Waals surface area contributed by atoms with Crippen molar-refractivity contribution in [2.45, 2.75) is 31.2 Å². The quantitative estimate of drug-likeness (QED) is 0.670. The van der Waals surface area contributed by atoms with Crippen molar-refractivity contribution in [2.24, 2.45) is 0 Å². The highest BCUT2D eigenvalue weighted by Gasteiger charge is 2.22.